The summed E-state index contributed by atoms with van der Waals surface area (Å²) in [5, 5.41) is 12.3. The molecular weight excluding hydrogens is 351 g/mol. The SMILES string of the molecule is CC(C)(C)N(C(=O)O)C(CN1CCNC1=O)c1cccc(C(F)(F)F)c1. The van der Waals surface area contributed by atoms with Crippen LogP contribution in [-0.2, 0) is 6.18 Å². The number of carboxylic acid groups (broad SMARTS) is 1. The molecule has 1 saturated heterocycles. The van der Waals surface area contributed by atoms with Crippen molar-refractivity contribution in [1.29, 1.82) is 0 Å². The van der Waals surface area contributed by atoms with Crippen molar-refractivity contribution < 1.29 is 27.9 Å². The summed E-state index contributed by atoms with van der Waals surface area (Å²) in [5.41, 5.74) is -1.54. The molecule has 1 aromatic rings. The van der Waals surface area contributed by atoms with E-state index in [4.69, 9.17) is 0 Å². The van der Waals surface area contributed by atoms with Crippen LogP contribution in [0.2, 0.25) is 0 Å². The van der Waals surface area contributed by atoms with Crippen LogP contribution in [0.3, 0.4) is 0 Å². The maximum atomic E-state index is 13.1. The Hall–Kier alpha value is -2.45. The molecule has 3 amide bonds. The minimum absolute atomic E-state index is 0.0310. The lowest BCUT2D eigenvalue weighted by Crippen LogP contribution is -2.50. The molecule has 0 saturated carbocycles. The van der Waals surface area contributed by atoms with Crippen LogP contribution in [0.4, 0.5) is 22.8 Å². The average Bonchev–Trinajstić information content (AvgIpc) is 2.89. The second-order valence-electron chi connectivity index (χ2n) is 7.14. The first-order valence-electron chi connectivity index (χ1n) is 8.13. The Morgan fingerprint density at radius 1 is 1.35 bits per heavy atom. The molecule has 144 valence electrons. The van der Waals surface area contributed by atoms with Crippen molar-refractivity contribution in [3.8, 4) is 0 Å². The van der Waals surface area contributed by atoms with Gasteiger partial charge in [0, 0.05) is 25.2 Å². The average molecular weight is 373 g/mol. The van der Waals surface area contributed by atoms with E-state index in [-0.39, 0.29) is 18.1 Å². The van der Waals surface area contributed by atoms with Crippen LogP contribution in [0.25, 0.3) is 0 Å². The zero-order valence-electron chi connectivity index (χ0n) is 14.8. The molecular formula is C17H22F3N3O3. The fraction of sp³-hybridized carbons (Fsp3) is 0.529. The number of amides is 3. The van der Waals surface area contributed by atoms with Gasteiger partial charge in [0.25, 0.3) is 0 Å². The van der Waals surface area contributed by atoms with Crippen LogP contribution in [0.5, 0.6) is 0 Å². The van der Waals surface area contributed by atoms with Gasteiger partial charge in [-0.1, -0.05) is 12.1 Å². The lowest BCUT2D eigenvalue weighted by atomic mass is 9.96. The second-order valence-corrected chi connectivity index (χ2v) is 7.14. The number of urea groups is 1. The van der Waals surface area contributed by atoms with Gasteiger partial charge >= 0.3 is 18.3 Å². The molecule has 26 heavy (non-hydrogen) atoms. The van der Waals surface area contributed by atoms with Gasteiger partial charge in [0.15, 0.2) is 0 Å². The number of carbonyl (C=O) groups is 2. The fourth-order valence-corrected chi connectivity index (χ4v) is 3.04. The van der Waals surface area contributed by atoms with E-state index in [2.05, 4.69) is 5.32 Å². The molecule has 0 spiro atoms. The van der Waals surface area contributed by atoms with Crippen molar-refractivity contribution in [1.82, 2.24) is 15.1 Å². The third kappa shape index (κ3) is 4.39. The predicted molar refractivity (Wildman–Crippen MR) is 88.8 cm³/mol. The Bertz CT molecular complexity index is 686. The zero-order chi connectivity index (χ0) is 19.7. The minimum Gasteiger partial charge on any atom is -0.465 e. The molecule has 1 unspecified atom stereocenters. The summed E-state index contributed by atoms with van der Waals surface area (Å²) in [5.74, 6) is 0. The van der Waals surface area contributed by atoms with E-state index in [1.165, 1.54) is 17.0 Å². The van der Waals surface area contributed by atoms with Gasteiger partial charge in [-0.25, -0.2) is 9.59 Å². The largest absolute Gasteiger partial charge is 0.465 e. The fourth-order valence-electron chi connectivity index (χ4n) is 3.04. The third-order valence-electron chi connectivity index (χ3n) is 4.18. The number of alkyl halides is 3. The van der Waals surface area contributed by atoms with Crippen molar-refractivity contribution in [2.24, 2.45) is 0 Å². The van der Waals surface area contributed by atoms with E-state index in [9.17, 15) is 27.9 Å². The molecule has 0 aliphatic carbocycles. The Labute approximate surface area is 149 Å². The molecule has 1 aromatic carbocycles. The number of nitrogens with zero attached hydrogens (tertiary/aromatic N) is 2. The van der Waals surface area contributed by atoms with Crippen LogP contribution in [0.1, 0.15) is 37.9 Å². The van der Waals surface area contributed by atoms with Gasteiger partial charge in [0.1, 0.15) is 0 Å². The lowest BCUT2D eigenvalue weighted by Gasteiger charge is -2.41. The number of rotatable bonds is 4. The van der Waals surface area contributed by atoms with Gasteiger partial charge < -0.3 is 15.3 Å². The summed E-state index contributed by atoms with van der Waals surface area (Å²) in [7, 11) is 0. The van der Waals surface area contributed by atoms with Gasteiger partial charge in [-0.3, -0.25) is 4.90 Å². The van der Waals surface area contributed by atoms with Gasteiger partial charge in [0.05, 0.1) is 11.6 Å². The topological polar surface area (TPSA) is 72.9 Å². The summed E-state index contributed by atoms with van der Waals surface area (Å²) in [6.07, 6.45) is -5.80. The number of benzene rings is 1. The van der Waals surface area contributed by atoms with E-state index >= 15 is 0 Å². The first-order valence-corrected chi connectivity index (χ1v) is 8.13. The normalized spacial score (nSPS) is 16.4. The maximum absolute atomic E-state index is 13.1. The van der Waals surface area contributed by atoms with E-state index in [1.807, 2.05) is 0 Å². The Balaban J connectivity index is 2.49. The number of nitrogens with one attached hydrogen (secondary N) is 1. The number of carbonyl (C=O) groups excluding carboxylic acids is 1. The highest BCUT2D eigenvalue weighted by Gasteiger charge is 2.38. The molecule has 6 nitrogen and oxygen atoms in total. The van der Waals surface area contributed by atoms with Crippen molar-refractivity contribution >= 4 is 12.1 Å². The van der Waals surface area contributed by atoms with E-state index in [1.54, 1.807) is 20.8 Å². The van der Waals surface area contributed by atoms with E-state index in [0.29, 0.717) is 13.1 Å². The Morgan fingerprint density at radius 3 is 2.46 bits per heavy atom. The molecule has 2 N–H and O–H groups in total. The molecule has 1 atom stereocenters. The molecule has 0 aromatic heterocycles. The standard InChI is InChI=1S/C17H22F3N3O3/c1-16(2,3)23(15(25)26)13(10-22-8-7-21-14(22)24)11-5-4-6-12(9-11)17(18,19)20/h4-6,9,13H,7-8,10H2,1-3H3,(H,21,24)(H,25,26). The number of halogens is 3. The Kier molecular flexibility index (Phi) is 5.39. The van der Waals surface area contributed by atoms with Crippen molar-refractivity contribution in [3.63, 3.8) is 0 Å². The summed E-state index contributed by atoms with van der Waals surface area (Å²) in [6.45, 7) is 5.72. The van der Waals surface area contributed by atoms with E-state index in [0.717, 1.165) is 17.0 Å². The summed E-state index contributed by atoms with van der Waals surface area (Å²) in [6, 6.07) is 3.29. The van der Waals surface area contributed by atoms with Crippen LogP contribution < -0.4 is 5.32 Å². The monoisotopic (exact) mass is 373 g/mol. The molecule has 1 heterocycles. The minimum atomic E-state index is -4.54. The van der Waals surface area contributed by atoms with Crippen molar-refractivity contribution in [2.75, 3.05) is 19.6 Å². The van der Waals surface area contributed by atoms with E-state index < -0.39 is 29.4 Å². The molecule has 2 rings (SSSR count). The summed E-state index contributed by atoms with van der Waals surface area (Å²) >= 11 is 0. The smallest absolute Gasteiger partial charge is 0.416 e. The lowest BCUT2D eigenvalue weighted by molar-refractivity contribution is -0.137. The first kappa shape index (κ1) is 19.9. The number of hydrogen-bond donors (Lipinski definition) is 2. The summed E-state index contributed by atoms with van der Waals surface area (Å²) < 4.78 is 39.3. The molecule has 0 bridgehead atoms. The van der Waals surface area contributed by atoms with Gasteiger partial charge in [-0.15, -0.1) is 0 Å². The molecule has 1 aliphatic heterocycles. The molecule has 1 aliphatic rings. The second kappa shape index (κ2) is 7.05. The van der Waals surface area contributed by atoms with Gasteiger partial charge in [0.2, 0.25) is 0 Å². The van der Waals surface area contributed by atoms with Crippen LogP contribution in [-0.4, -0.2) is 52.2 Å². The van der Waals surface area contributed by atoms with Gasteiger partial charge in [-0.05, 0) is 38.5 Å². The van der Waals surface area contributed by atoms with Crippen LogP contribution >= 0.6 is 0 Å². The highest BCUT2D eigenvalue weighted by molar-refractivity contribution is 5.76. The first-order chi connectivity index (χ1) is 11.9. The molecule has 1 fully saturated rings. The van der Waals surface area contributed by atoms with Crippen LogP contribution in [0.15, 0.2) is 24.3 Å². The van der Waals surface area contributed by atoms with Crippen molar-refractivity contribution in [2.45, 2.75) is 38.5 Å². The quantitative estimate of drug-likeness (QED) is 0.848. The molecule has 9 heteroatoms. The predicted octanol–water partition coefficient (Wildman–Crippen LogP) is 3.55. The van der Waals surface area contributed by atoms with Crippen LogP contribution in [0, 0.1) is 0 Å². The molecule has 0 radical (unpaired) electrons. The van der Waals surface area contributed by atoms with Crippen molar-refractivity contribution in [3.05, 3.63) is 35.4 Å². The highest BCUT2D eigenvalue weighted by atomic mass is 19.4. The Morgan fingerprint density at radius 2 is 2.00 bits per heavy atom. The third-order valence-corrected chi connectivity index (χ3v) is 4.18. The van der Waals surface area contributed by atoms with Gasteiger partial charge in [-0.2, -0.15) is 13.2 Å². The zero-order valence-corrected chi connectivity index (χ0v) is 14.8. The number of hydrogen-bond acceptors (Lipinski definition) is 2. The maximum Gasteiger partial charge on any atom is 0.416 e. The summed E-state index contributed by atoms with van der Waals surface area (Å²) in [4.78, 5) is 26.3. The highest BCUT2D eigenvalue weighted by Crippen LogP contribution is 2.34.